The molecule has 0 spiro atoms. The quantitative estimate of drug-likeness (QED) is 0.934. The average molecular weight is 274 g/mol. The monoisotopic (exact) mass is 273 g/mol. The normalized spacial score (nSPS) is 10.4. The van der Waals surface area contributed by atoms with Crippen LogP contribution in [0.2, 0.25) is 10.3 Å². The number of hydrogen-bond acceptors (Lipinski definition) is 4. The molecule has 90 valence electrons. The van der Waals surface area contributed by atoms with Crippen LogP contribution in [0.3, 0.4) is 0 Å². The molecule has 0 fully saturated rings. The molecule has 2 aromatic rings. The summed E-state index contributed by atoms with van der Waals surface area (Å²) in [6, 6.07) is 3.41. The second kappa shape index (κ2) is 4.81. The number of nitrogens with zero attached hydrogens (tertiary/aromatic N) is 2. The van der Waals surface area contributed by atoms with Gasteiger partial charge in [0.15, 0.2) is 17.3 Å². The van der Waals surface area contributed by atoms with Gasteiger partial charge >= 0.3 is 0 Å². The van der Waals surface area contributed by atoms with E-state index in [1.807, 2.05) is 0 Å². The minimum absolute atomic E-state index is 0.214. The summed E-state index contributed by atoms with van der Waals surface area (Å²) in [5.74, 6) is 1.42. The van der Waals surface area contributed by atoms with Gasteiger partial charge in [0.25, 0.3) is 0 Å². The van der Waals surface area contributed by atoms with Crippen molar-refractivity contribution in [3.63, 3.8) is 0 Å². The van der Waals surface area contributed by atoms with Gasteiger partial charge in [-0.2, -0.15) is 10.1 Å². The van der Waals surface area contributed by atoms with E-state index in [9.17, 15) is 0 Å². The summed E-state index contributed by atoms with van der Waals surface area (Å²) in [6.07, 6.45) is 0. The number of ether oxygens (including phenoxy) is 2. The largest absolute Gasteiger partial charge is 0.493 e. The molecule has 0 saturated heterocycles. The van der Waals surface area contributed by atoms with Crippen LogP contribution >= 0.6 is 23.2 Å². The first-order valence-electron chi connectivity index (χ1n) is 4.65. The van der Waals surface area contributed by atoms with E-state index in [2.05, 4.69) is 15.2 Å². The Bertz CT molecular complexity index is 542. The number of rotatable bonds is 3. The fraction of sp³-hybridized carbons (Fsp3) is 0.200. The molecule has 5 nitrogen and oxygen atoms in total. The van der Waals surface area contributed by atoms with Crippen LogP contribution in [0.15, 0.2) is 12.1 Å². The van der Waals surface area contributed by atoms with E-state index in [-0.39, 0.29) is 5.28 Å². The number of halogens is 2. The molecule has 0 bridgehead atoms. The van der Waals surface area contributed by atoms with E-state index < -0.39 is 0 Å². The Labute approximate surface area is 108 Å². The van der Waals surface area contributed by atoms with Crippen molar-refractivity contribution in [2.45, 2.75) is 0 Å². The van der Waals surface area contributed by atoms with Crippen molar-refractivity contribution in [2.75, 3.05) is 14.2 Å². The Balaban J connectivity index is 2.53. The third-order valence-corrected chi connectivity index (χ3v) is 2.60. The summed E-state index contributed by atoms with van der Waals surface area (Å²) in [6.45, 7) is 0. The fourth-order valence-electron chi connectivity index (χ4n) is 1.42. The number of hydrogen-bond donors (Lipinski definition) is 1. The zero-order valence-corrected chi connectivity index (χ0v) is 10.6. The smallest absolute Gasteiger partial charge is 0.218 e. The highest BCUT2D eigenvalue weighted by atomic mass is 35.5. The Morgan fingerprint density at radius 3 is 2.47 bits per heavy atom. The topological polar surface area (TPSA) is 60.0 Å². The van der Waals surface area contributed by atoms with Gasteiger partial charge in [-0.15, -0.1) is 0 Å². The van der Waals surface area contributed by atoms with Gasteiger partial charge in [0.05, 0.1) is 19.2 Å². The van der Waals surface area contributed by atoms with Gasteiger partial charge in [-0.1, -0.05) is 11.6 Å². The minimum Gasteiger partial charge on any atom is -0.493 e. The van der Waals surface area contributed by atoms with E-state index in [1.54, 1.807) is 12.1 Å². The molecule has 0 radical (unpaired) electrons. The molecule has 0 unspecified atom stereocenters. The van der Waals surface area contributed by atoms with Gasteiger partial charge in [0, 0.05) is 5.56 Å². The van der Waals surface area contributed by atoms with Crippen molar-refractivity contribution < 1.29 is 9.47 Å². The van der Waals surface area contributed by atoms with Gasteiger partial charge in [-0.25, -0.2) is 5.10 Å². The van der Waals surface area contributed by atoms with Crippen LogP contribution in [-0.4, -0.2) is 29.4 Å². The molecule has 17 heavy (non-hydrogen) atoms. The van der Waals surface area contributed by atoms with Crippen molar-refractivity contribution in [3.05, 3.63) is 22.4 Å². The second-order valence-corrected chi connectivity index (χ2v) is 3.91. The highest BCUT2D eigenvalue weighted by molar-refractivity contribution is 6.32. The van der Waals surface area contributed by atoms with Crippen molar-refractivity contribution in [2.24, 2.45) is 0 Å². The van der Waals surface area contributed by atoms with Crippen LogP contribution in [0.5, 0.6) is 11.5 Å². The summed E-state index contributed by atoms with van der Waals surface area (Å²) >= 11 is 11.7. The summed E-state index contributed by atoms with van der Waals surface area (Å²) in [7, 11) is 3.05. The number of benzene rings is 1. The Hall–Kier alpha value is -1.46. The maximum absolute atomic E-state index is 6.07. The molecule has 0 aliphatic rings. The lowest BCUT2D eigenvalue weighted by molar-refractivity contribution is 0.355. The highest BCUT2D eigenvalue weighted by Crippen LogP contribution is 2.38. The lowest BCUT2D eigenvalue weighted by Gasteiger charge is -2.10. The van der Waals surface area contributed by atoms with Crippen LogP contribution in [0, 0.1) is 0 Å². The second-order valence-electron chi connectivity index (χ2n) is 3.14. The predicted octanol–water partition coefficient (Wildman–Crippen LogP) is 2.80. The molecule has 2 rings (SSSR count). The molecule has 1 heterocycles. The van der Waals surface area contributed by atoms with Gasteiger partial charge < -0.3 is 9.47 Å². The molecule has 1 N–H and O–H groups in total. The predicted molar refractivity (Wildman–Crippen MR) is 64.9 cm³/mol. The molecule has 0 saturated carbocycles. The molecule has 0 atom stereocenters. The summed E-state index contributed by atoms with van der Waals surface area (Å²) in [5, 5.41) is 7.11. The Morgan fingerprint density at radius 2 is 1.94 bits per heavy atom. The zero-order valence-electron chi connectivity index (χ0n) is 9.12. The van der Waals surface area contributed by atoms with Crippen molar-refractivity contribution in [1.82, 2.24) is 15.2 Å². The van der Waals surface area contributed by atoms with E-state index in [4.69, 9.17) is 32.7 Å². The summed E-state index contributed by atoms with van der Waals surface area (Å²) in [5.41, 5.74) is 0.691. The van der Waals surface area contributed by atoms with Crippen molar-refractivity contribution >= 4 is 23.2 Å². The number of nitrogens with one attached hydrogen (secondary N) is 1. The first-order valence-corrected chi connectivity index (χ1v) is 5.41. The molecule has 7 heteroatoms. The fourth-order valence-corrected chi connectivity index (χ4v) is 1.83. The van der Waals surface area contributed by atoms with Gasteiger partial charge in [-0.3, -0.25) is 0 Å². The number of aromatic amines is 1. The molecule has 0 aliphatic heterocycles. The summed E-state index contributed by atoms with van der Waals surface area (Å²) in [4.78, 5) is 4.00. The third kappa shape index (κ3) is 2.30. The zero-order chi connectivity index (χ0) is 12.4. The Kier molecular flexibility index (Phi) is 3.40. The first kappa shape index (κ1) is 12.0. The van der Waals surface area contributed by atoms with Crippen molar-refractivity contribution in [3.8, 4) is 22.9 Å². The van der Waals surface area contributed by atoms with E-state index in [0.29, 0.717) is 27.9 Å². The van der Waals surface area contributed by atoms with Gasteiger partial charge in [0.2, 0.25) is 5.28 Å². The molecule has 1 aromatic carbocycles. The maximum atomic E-state index is 6.07. The number of aromatic nitrogens is 3. The van der Waals surface area contributed by atoms with Crippen LogP contribution in [0.4, 0.5) is 0 Å². The van der Waals surface area contributed by atoms with Crippen LogP contribution < -0.4 is 9.47 Å². The number of methoxy groups -OCH3 is 2. The minimum atomic E-state index is 0.214. The number of H-pyrrole nitrogens is 1. The lowest BCUT2D eigenvalue weighted by atomic mass is 10.2. The first-order chi connectivity index (χ1) is 8.15. The third-order valence-electron chi connectivity index (χ3n) is 2.15. The SMILES string of the molecule is COc1cc(-c2n[nH]c(Cl)n2)cc(Cl)c1OC. The van der Waals surface area contributed by atoms with Crippen LogP contribution in [-0.2, 0) is 0 Å². The molecular formula is C10H9Cl2N3O2. The highest BCUT2D eigenvalue weighted by Gasteiger charge is 2.14. The Morgan fingerprint density at radius 1 is 1.18 bits per heavy atom. The average Bonchev–Trinajstić information content (AvgIpc) is 2.74. The van der Waals surface area contributed by atoms with Crippen LogP contribution in [0.1, 0.15) is 0 Å². The lowest BCUT2D eigenvalue weighted by Crippen LogP contribution is -1.93. The van der Waals surface area contributed by atoms with Crippen LogP contribution in [0.25, 0.3) is 11.4 Å². The van der Waals surface area contributed by atoms with Gasteiger partial charge in [0.1, 0.15) is 0 Å². The van der Waals surface area contributed by atoms with Crippen molar-refractivity contribution in [1.29, 1.82) is 0 Å². The molecule has 1 aromatic heterocycles. The molecule has 0 aliphatic carbocycles. The molecule has 0 amide bonds. The van der Waals surface area contributed by atoms with E-state index in [0.717, 1.165) is 0 Å². The van der Waals surface area contributed by atoms with Gasteiger partial charge in [-0.05, 0) is 23.7 Å². The maximum Gasteiger partial charge on any atom is 0.218 e. The molecular weight excluding hydrogens is 265 g/mol. The standard InChI is InChI=1S/C10H9Cl2N3O2/c1-16-7-4-5(3-6(11)8(7)17-2)9-13-10(12)15-14-9/h3-4H,1-2H3,(H,13,14,15). The van der Waals surface area contributed by atoms with E-state index >= 15 is 0 Å². The van der Waals surface area contributed by atoms with E-state index in [1.165, 1.54) is 14.2 Å². The summed E-state index contributed by atoms with van der Waals surface area (Å²) < 4.78 is 10.3.